The van der Waals surface area contributed by atoms with E-state index in [1.165, 1.54) is 6.92 Å². The molecule has 1 rings (SSSR count). The van der Waals surface area contributed by atoms with Crippen molar-refractivity contribution < 1.29 is 21.6 Å². The fourth-order valence-corrected chi connectivity index (χ4v) is 2.25. The Morgan fingerprint density at radius 2 is 1.71 bits per heavy atom. The smallest absolute Gasteiger partial charge is 0.203 e. The quantitative estimate of drug-likeness (QED) is 0.839. The van der Waals surface area contributed by atoms with Crippen LogP contribution in [0.25, 0.3) is 0 Å². The first-order valence-electron chi connectivity index (χ1n) is 4.89. The molecule has 0 aliphatic heterocycles. The highest BCUT2D eigenvalue weighted by Crippen LogP contribution is 2.27. The summed E-state index contributed by atoms with van der Waals surface area (Å²) in [5.41, 5.74) is -4.74. The van der Waals surface area contributed by atoms with Gasteiger partial charge in [-0.05, 0) is 5.56 Å². The van der Waals surface area contributed by atoms with Gasteiger partial charge in [-0.15, -0.1) is 0 Å². The zero-order valence-corrected chi connectivity index (χ0v) is 9.92. The van der Waals surface area contributed by atoms with Crippen molar-refractivity contribution in [3.8, 4) is 0 Å². The molecule has 0 unspecified atom stereocenters. The van der Waals surface area contributed by atoms with Gasteiger partial charge in [0.2, 0.25) is 0 Å². The van der Waals surface area contributed by atoms with Gasteiger partial charge in [-0.3, -0.25) is 0 Å². The van der Waals surface area contributed by atoms with Gasteiger partial charge in [-0.2, -0.15) is 17.5 Å². The van der Waals surface area contributed by atoms with E-state index in [1.54, 1.807) is 30.3 Å². The van der Waals surface area contributed by atoms with Gasteiger partial charge in [-0.1, -0.05) is 37.3 Å². The van der Waals surface area contributed by atoms with E-state index in [9.17, 15) is 21.6 Å². The fourth-order valence-electron chi connectivity index (χ4n) is 1.30. The molecule has 0 fully saturated rings. The van der Waals surface area contributed by atoms with Crippen LogP contribution in [0, 0.1) is 0 Å². The summed E-state index contributed by atoms with van der Waals surface area (Å²) >= 11 is 0. The van der Waals surface area contributed by atoms with Gasteiger partial charge in [0, 0.05) is 13.1 Å². The largest absolute Gasteiger partial charge is 0.511 e. The molecule has 0 atom stereocenters. The molecule has 0 N–H and O–H groups in total. The molecule has 0 radical (unpaired) electrons. The third-order valence-corrected chi connectivity index (χ3v) is 3.84. The topological polar surface area (TPSA) is 37.4 Å². The number of sulfonamides is 1. The van der Waals surface area contributed by atoms with Gasteiger partial charge in [0.25, 0.3) is 0 Å². The number of benzene rings is 1. The van der Waals surface area contributed by atoms with Gasteiger partial charge in [0.1, 0.15) is 0 Å². The molecule has 3 nitrogen and oxygen atoms in total. The lowest BCUT2D eigenvalue weighted by atomic mass is 10.2. The van der Waals surface area contributed by atoms with E-state index in [0.29, 0.717) is 9.87 Å². The molecule has 1 aromatic carbocycles. The number of halogens is 3. The van der Waals surface area contributed by atoms with E-state index >= 15 is 0 Å². The molecule has 0 amide bonds. The second-order valence-electron chi connectivity index (χ2n) is 3.36. The number of alkyl halides is 3. The van der Waals surface area contributed by atoms with Crippen molar-refractivity contribution in [3.63, 3.8) is 0 Å². The van der Waals surface area contributed by atoms with Gasteiger partial charge >= 0.3 is 15.5 Å². The lowest BCUT2D eigenvalue weighted by molar-refractivity contribution is -0.0490. The minimum Gasteiger partial charge on any atom is -0.203 e. The normalized spacial score (nSPS) is 13.0. The van der Waals surface area contributed by atoms with Crippen LogP contribution in [0.4, 0.5) is 13.2 Å². The average molecular weight is 267 g/mol. The monoisotopic (exact) mass is 267 g/mol. The van der Waals surface area contributed by atoms with Gasteiger partial charge in [0.05, 0.1) is 0 Å². The summed E-state index contributed by atoms with van der Waals surface area (Å²) in [5, 5.41) is 0. The first-order chi connectivity index (χ1) is 7.79. The minimum atomic E-state index is -5.25. The van der Waals surface area contributed by atoms with E-state index in [2.05, 4.69) is 0 Å². The van der Waals surface area contributed by atoms with Crippen molar-refractivity contribution in [1.82, 2.24) is 4.31 Å². The second kappa shape index (κ2) is 5.05. The highest BCUT2D eigenvalue weighted by atomic mass is 32.2. The maximum absolute atomic E-state index is 12.3. The zero-order valence-electron chi connectivity index (χ0n) is 9.11. The van der Waals surface area contributed by atoms with E-state index in [-0.39, 0.29) is 13.1 Å². The van der Waals surface area contributed by atoms with E-state index in [0.717, 1.165) is 0 Å². The van der Waals surface area contributed by atoms with Crippen molar-refractivity contribution in [2.45, 2.75) is 19.0 Å². The van der Waals surface area contributed by atoms with Crippen molar-refractivity contribution in [2.24, 2.45) is 0 Å². The van der Waals surface area contributed by atoms with Crippen molar-refractivity contribution in [1.29, 1.82) is 0 Å². The highest BCUT2D eigenvalue weighted by molar-refractivity contribution is 7.89. The molecule has 0 aromatic heterocycles. The number of hydrogen-bond acceptors (Lipinski definition) is 2. The Kier molecular flexibility index (Phi) is 4.16. The number of hydrogen-bond donors (Lipinski definition) is 0. The Morgan fingerprint density at radius 3 is 2.12 bits per heavy atom. The molecule has 0 saturated carbocycles. The predicted molar refractivity (Wildman–Crippen MR) is 57.5 cm³/mol. The summed E-state index contributed by atoms with van der Waals surface area (Å²) in [6.07, 6.45) is 0. The lowest BCUT2D eigenvalue weighted by Gasteiger charge is -2.21. The van der Waals surface area contributed by atoms with Crippen LogP contribution in [0.1, 0.15) is 12.5 Å². The highest BCUT2D eigenvalue weighted by Gasteiger charge is 2.49. The van der Waals surface area contributed by atoms with Crippen molar-refractivity contribution in [3.05, 3.63) is 35.9 Å². The Bertz CT molecular complexity index is 456. The molecule has 1 aromatic rings. The summed E-state index contributed by atoms with van der Waals surface area (Å²) in [6, 6.07) is 8.15. The third kappa shape index (κ3) is 3.19. The van der Waals surface area contributed by atoms with Crippen LogP contribution >= 0.6 is 0 Å². The van der Waals surface area contributed by atoms with Gasteiger partial charge in [0.15, 0.2) is 0 Å². The molecule has 17 heavy (non-hydrogen) atoms. The van der Waals surface area contributed by atoms with Crippen LogP contribution in [0.3, 0.4) is 0 Å². The molecule has 96 valence electrons. The van der Waals surface area contributed by atoms with Crippen LogP contribution in [0.5, 0.6) is 0 Å². The van der Waals surface area contributed by atoms with E-state index < -0.39 is 15.5 Å². The number of nitrogens with zero attached hydrogens (tertiary/aromatic N) is 1. The Labute approximate surface area is 97.9 Å². The summed E-state index contributed by atoms with van der Waals surface area (Å²) in [4.78, 5) is 0. The molecule has 0 saturated heterocycles. The van der Waals surface area contributed by atoms with Crippen LogP contribution < -0.4 is 0 Å². The maximum Gasteiger partial charge on any atom is 0.511 e. The Hall–Kier alpha value is -1.08. The van der Waals surface area contributed by atoms with Gasteiger partial charge in [-0.25, -0.2) is 8.42 Å². The zero-order chi connectivity index (χ0) is 13.1. The van der Waals surface area contributed by atoms with Crippen molar-refractivity contribution in [2.75, 3.05) is 6.54 Å². The van der Waals surface area contributed by atoms with Crippen LogP contribution in [-0.4, -0.2) is 24.8 Å². The van der Waals surface area contributed by atoms with Gasteiger partial charge < -0.3 is 0 Å². The lowest BCUT2D eigenvalue weighted by Crippen LogP contribution is -2.40. The summed E-state index contributed by atoms with van der Waals surface area (Å²) in [6.45, 7) is 0.863. The minimum absolute atomic E-state index is 0.225. The fraction of sp³-hybridized carbons (Fsp3) is 0.400. The summed E-state index contributed by atoms with van der Waals surface area (Å²) < 4.78 is 59.8. The standard InChI is InChI=1S/C10H12F3NO2S/c1-2-14(17(15,16)10(11,12)13)8-9-6-4-3-5-7-9/h3-7H,2,8H2,1H3. The molecular weight excluding hydrogens is 255 g/mol. The van der Waals surface area contributed by atoms with E-state index in [4.69, 9.17) is 0 Å². The SMILES string of the molecule is CCN(Cc1ccccc1)S(=O)(=O)C(F)(F)F. The predicted octanol–water partition coefficient (Wildman–Crippen LogP) is 2.36. The molecular formula is C10H12F3NO2S. The molecule has 0 bridgehead atoms. The van der Waals surface area contributed by atoms with Crippen molar-refractivity contribution >= 4 is 10.0 Å². The molecule has 0 aliphatic carbocycles. The van der Waals surface area contributed by atoms with Crippen LogP contribution in [-0.2, 0) is 16.6 Å². The average Bonchev–Trinajstić information content (AvgIpc) is 2.25. The third-order valence-electron chi connectivity index (χ3n) is 2.19. The van der Waals surface area contributed by atoms with Crippen LogP contribution in [0.2, 0.25) is 0 Å². The Morgan fingerprint density at radius 1 is 1.18 bits per heavy atom. The molecule has 0 aliphatic rings. The van der Waals surface area contributed by atoms with E-state index in [1.807, 2.05) is 0 Å². The number of rotatable bonds is 4. The van der Waals surface area contributed by atoms with Crippen LogP contribution in [0.15, 0.2) is 30.3 Å². The molecule has 0 spiro atoms. The summed E-state index contributed by atoms with van der Waals surface area (Å²) in [7, 11) is -5.25. The second-order valence-corrected chi connectivity index (χ2v) is 5.29. The summed E-state index contributed by atoms with van der Waals surface area (Å²) in [5.74, 6) is 0. The molecule has 7 heteroatoms. The first kappa shape index (κ1) is 14.0. The Balaban J connectivity index is 2.95. The maximum atomic E-state index is 12.3. The first-order valence-corrected chi connectivity index (χ1v) is 6.33. The molecule has 0 heterocycles.